The summed E-state index contributed by atoms with van der Waals surface area (Å²) in [6.07, 6.45) is -0.825. The highest BCUT2D eigenvalue weighted by atomic mass is 79.9. The minimum Gasteiger partial charge on any atom is -0.491 e. The number of halogens is 1. The number of aliphatic hydroxyl groups excluding tert-OH is 2. The maximum atomic E-state index is 9.13. The van der Waals surface area contributed by atoms with Gasteiger partial charge >= 0.3 is 0 Å². The van der Waals surface area contributed by atoms with Crippen LogP contribution in [-0.2, 0) is 0 Å². The molecule has 0 amide bonds. The quantitative estimate of drug-likeness (QED) is 0.881. The van der Waals surface area contributed by atoms with Crippen LogP contribution in [0.3, 0.4) is 0 Å². The van der Waals surface area contributed by atoms with Crippen LogP contribution in [-0.4, -0.2) is 29.5 Å². The van der Waals surface area contributed by atoms with Gasteiger partial charge in [-0.05, 0) is 37.1 Å². The van der Waals surface area contributed by atoms with Gasteiger partial charge in [-0.1, -0.05) is 15.9 Å². The van der Waals surface area contributed by atoms with E-state index in [2.05, 4.69) is 15.9 Å². The predicted molar refractivity (Wildman–Crippen MR) is 62.2 cm³/mol. The number of benzene rings is 1. The smallest absolute Gasteiger partial charge is 0.120 e. The first-order chi connectivity index (χ1) is 7.04. The average molecular weight is 275 g/mol. The summed E-state index contributed by atoms with van der Waals surface area (Å²) in [5, 5.41) is 17.8. The Morgan fingerprint density at radius 2 is 1.87 bits per heavy atom. The number of hydrogen-bond acceptors (Lipinski definition) is 3. The van der Waals surface area contributed by atoms with Crippen molar-refractivity contribution in [1.29, 1.82) is 0 Å². The number of aliphatic hydroxyl groups is 2. The molecule has 84 valence electrons. The Hall–Kier alpha value is -0.580. The number of ether oxygens (including phenoxy) is 1. The maximum Gasteiger partial charge on any atom is 0.120 e. The van der Waals surface area contributed by atoms with E-state index in [1.807, 2.05) is 26.0 Å². The summed E-state index contributed by atoms with van der Waals surface area (Å²) in [4.78, 5) is 0. The summed E-state index contributed by atoms with van der Waals surface area (Å²) in [6, 6.07) is 3.78. The molecule has 0 bridgehead atoms. The molecule has 0 aliphatic rings. The SMILES string of the molecule is Cc1cc(OC[C@@H](O)CO)cc(C)c1Br. The summed E-state index contributed by atoms with van der Waals surface area (Å²) in [7, 11) is 0. The molecule has 0 fully saturated rings. The first-order valence-electron chi connectivity index (χ1n) is 4.73. The van der Waals surface area contributed by atoms with Crippen molar-refractivity contribution < 1.29 is 14.9 Å². The highest BCUT2D eigenvalue weighted by Gasteiger charge is 2.06. The standard InChI is InChI=1S/C11H15BrO3/c1-7-3-10(4-8(2)11(7)12)15-6-9(14)5-13/h3-4,9,13-14H,5-6H2,1-2H3/t9-/m0/s1. The fourth-order valence-electron chi connectivity index (χ4n) is 1.23. The molecule has 0 aromatic heterocycles. The normalized spacial score (nSPS) is 12.6. The van der Waals surface area contributed by atoms with Gasteiger partial charge in [0.05, 0.1) is 6.61 Å². The summed E-state index contributed by atoms with van der Waals surface area (Å²) in [5.41, 5.74) is 2.17. The molecule has 4 heteroatoms. The predicted octanol–water partition coefficient (Wildman–Crippen LogP) is 1.80. The van der Waals surface area contributed by atoms with Gasteiger partial charge in [-0.25, -0.2) is 0 Å². The second-order valence-corrected chi connectivity index (χ2v) is 4.31. The second-order valence-electron chi connectivity index (χ2n) is 3.52. The molecular weight excluding hydrogens is 260 g/mol. The molecule has 1 aromatic carbocycles. The van der Waals surface area contributed by atoms with Gasteiger partial charge in [0.25, 0.3) is 0 Å². The van der Waals surface area contributed by atoms with E-state index in [1.165, 1.54) is 0 Å². The molecule has 0 heterocycles. The Morgan fingerprint density at radius 1 is 1.33 bits per heavy atom. The Balaban J connectivity index is 2.70. The zero-order valence-corrected chi connectivity index (χ0v) is 10.4. The minimum absolute atomic E-state index is 0.108. The molecule has 0 aliphatic heterocycles. The number of aryl methyl sites for hydroxylation is 2. The molecule has 0 spiro atoms. The van der Waals surface area contributed by atoms with Crippen LogP contribution in [0.15, 0.2) is 16.6 Å². The largest absolute Gasteiger partial charge is 0.491 e. The van der Waals surface area contributed by atoms with E-state index < -0.39 is 6.10 Å². The summed E-state index contributed by atoms with van der Waals surface area (Å²) >= 11 is 3.46. The van der Waals surface area contributed by atoms with Crippen molar-refractivity contribution in [3.05, 3.63) is 27.7 Å². The third kappa shape index (κ3) is 3.48. The van der Waals surface area contributed by atoms with Crippen molar-refractivity contribution in [2.45, 2.75) is 20.0 Å². The summed E-state index contributed by atoms with van der Waals surface area (Å²) in [6.45, 7) is 3.78. The van der Waals surface area contributed by atoms with Crippen LogP contribution in [0.4, 0.5) is 0 Å². The first kappa shape index (κ1) is 12.5. The molecule has 0 aliphatic carbocycles. The zero-order chi connectivity index (χ0) is 11.4. The van der Waals surface area contributed by atoms with Gasteiger partial charge < -0.3 is 14.9 Å². The molecule has 1 aromatic rings. The lowest BCUT2D eigenvalue weighted by atomic mass is 10.1. The number of hydrogen-bond donors (Lipinski definition) is 2. The lowest BCUT2D eigenvalue weighted by molar-refractivity contribution is 0.0536. The highest BCUT2D eigenvalue weighted by molar-refractivity contribution is 9.10. The van der Waals surface area contributed by atoms with Gasteiger partial charge in [0.15, 0.2) is 0 Å². The molecule has 0 unspecified atom stereocenters. The molecule has 0 radical (unpaired) electrons. The van der Waals surface area contributed by atoms with Gasteiger partial charge in [-0.3, -0.25) is 0 Å². The zero-order valence-electron chi connectivity index (χ0n) is 8.83. The van der Waals surface area contributed by atoms with Crippen LogP contribution in [0, 0.1) is 13.8 Å². The molecular formula is C11H15BrO3. The van der Waals surface area contributed by atoms with Crippen molar-refractivity contribution in [2.24, 2.45) is 0 Å². The van der Waals surface area contributed by atoms with Gasteiger partial charge in [-0.2, -0.15) is 0 Å². The van der Waals surface area contributed by atoms with E-state index in [0.29, 0.717) is 5.75 Å². The van der Waals surface area contributed by atoms with Crippen molar-refractivity contribution in [3.63, 3.8) is 0 Å². The Morgan fingerprint density at radius 3 is 2.33 bits per heavy atom. The van der Waals surface area contributed by atoms with Gasteiger partial charge in [0, 0.05) is 4.47 Å². The van der Waals surface area contributed by atoms with E-state index in [9.17, 15) is 0 Å². The van der Waals surface area contributed by atoms with E-state index in [1.54, 1.807) is 0 Å². The third-order valence-corrected chi connectivity index (χ3v) is 3.31. The average Bonchev–Trinajstić information content (AvgIpc) is 2.22. The summed E-state index contributed by atoms with van der Waals surface area (Å²) in [5.74, 6) is 0.709. The van der Waals surface area contributed by atoms with Crippen LogP contribution >= 0.6 is 15.9 Å². The lowest BCUT2D eigenvalue weighted by Gasteiger charge is -2.12. The minimum atomic E-state index is -0.825. The van der Waals surface area contributed by atoms with Crippen molar-refractivity contribution in [3.8, 4) is 5.75 Å². The van der Waals surface area contributed by atoms with Gasteiger partial charge in [0.2, 0.25) is 0 Å². The molecule has 1 atom stereocenters. The molecule has 0 saturated heterocycles. The Labute approximate surface area is 97.8 Å². The topological polar surface area (TPSA) is 49.7 Å². The fourth-order valence-corrected chi connectivity index (χ4v) is 1.46. The van der Waals surface area contributed by atoms with Crippen LogP contribution < -0.4 is 4.74 Å². The third-order valence-electron chi connectivity index (χ3n) is 2.06. The molecule has 1 rings (SSSR count). The Bertz CT molecular complexity index is 316. The molecule has 15 heavy (non-hydrogen) atoms. The first-order valence-corrected chi connectivity index (χ1v) is 5.52. The molecule has 3 nitrogen and oxygen atoms in total. The van der Waals surface area contributed by atoms with Crippen LogP contribution in [0.25, 0.3) is 0 Å². The van der Waals surface area contributed by atoms with Gasteiger partial charge in [0.1, 0.15) is 18.5 Å². The summed E-state index contributed by atoms with van der Waals surface area (Å²) < 4.78 is 6.41. The monoisotopic (exact) mass is 274 g/mol. The van der Waals surface area contributed by atoms with Gasteiger partial charge in [-0.15, -0.1) is 0 Å². The maximum absolute atomic E-state index is 9.13. The van der Waals surface area contributed by atoms with Crippen molar-refractivity contribution in [2.75, 3.05) is 13.2 Å². The molecule has 0 saturated carbocycles. The molecule has 2 N–H and O–H groups in total. The number of rotatable bonds is 4. The van der Waals surface area contributed by atoms with Crippen LogP contribution in [0.1, 0.15) is 11.1 Å². The highest BCUT2D eigenvalue weighted by Crippen LogP contribution is 2.26. The second kappa shape index (κ2) is 5.49. The van der Waals surface area contributed by atoms with E-state index in [4.69, 9.17) is 14.9 Å². The van der Waals surface area contributed by atoms with E-state index >= 15 is 0 Å². The fraction of sp³-hybridized carbons (Fsp3) is 0.455. The van der Waals surface area contributed by atoms with Crippen LogP contribution in [0.5, 0.6) is 5.75 Å². The van der Waals surface area contributed by atoms with E-state index in [-0.39, 0.29) is 13.2 Å². The van der Waals surface area contributed by atoms with Crippen molar-refractivity contribution in [1.82, 2.24) is 0 Å². The van der Waals surface area contributed by atoms with Crippen LogP contribution in [0.2, 0.25) is 0 Å². The van der Waals surface area contributed by atoms with Crippen molar-refractivity contribution >= 4 is 15.9 Å². The van der Waals surface area contributed by atoms with E-state index in [0.717, 1.165) is 15.6 Å². The Kier molecular flexibility index (Phi) is 4.57. The lowest BCUT2D eigenvalue weighted by Crippen LogP contribution is -2.21.